The first kappa shape index (κ1) is 38.3. The third-order valence-electron chi connectivity index (χ3n) is 14.3. The van der Waals surface area contributed by atoms with E-state index in [4.69, 9.17) is 9.97 Å². The minimum Gasteiger partial charge on any atom is -0.256 e. The highest BCUT2D eigenvalue weighted by Crippen LogP contribution is 2.50. The molecule has 0 saturated carbocycles. The smallest absolute Gasteiger partial charge is 0.0702 e. The van der Waals surface area contributed by atoms with Crippen LogP contribution in [0.1, 0.15) is 0 Å². The highest BCUT2D eigenvalue weighted by molar-refractivity contribution is 6.27. The molecular formula is C66H40N2. The van der Waals surface area contributed by atoms with E-state index in [0.717, 1.165) is 32.9 Å². The summed E-state index contributed by atoms with van der Waals surface area (Å²) in [5.74, 6) is 0. The molecule has 0 unspecified atom stereocenters. The van der Waals surface area contributed by atoms with Gasteiger partial charge >= 0.3 is 0 Å². The Morgan fingerprint density at radius 3 is 0.794 bits per heavy atom. The maximum atomic E-state index is 4.92. The fourth-order valence-corrected chi connectivity index (χ4v) is 11.4. The van der Waals surface area contributed by atoms with Crippen molar-refractivity contribution in [1.82, 2.24) is 9.97 Å². The van der Waals surface area contributed by atoms with Crippen LogP contribution in [-0.2, 0) is 0 Å². The molecule has 0 radical (unpaired) electrons. The summed E-state index contributed by atoms with van der Waals surface area (Å²) in [7, 11) is 0. The van der Waals surface area contributed by atoms with Crippen molar-refractivity contribution in [3.05, 3.63) is 243 Å². The van der Waals surface area contributed by atoms with Gasteiger partial charge in [-0.2, -0.15) is 0 Å². The van der Waals surface area contributed by atoms with Crippen molar-refractivity contribution in [2.75, 3.05) is 0 Å². The van der Waals surface area contributed by atoms with Gasteiger partial charge in [-0.3, -0.25) is 9.97 Å². The third kappa shape index (κ3) is 5.84. The Morgan fingerprint density at radius 1 is 0.206 bits per heavy atom. The Balaban J connectivity index is 0.976. The van der Waals surface area contributed by atoms with Gasteiger partial charge in [0, 0.05) is 34.3 Å². The number of fused-ring (bicyclic) bond motifs is 8. The fraction of sp³-hybridized carbons (Fsp3) is 0. The zero-order valence-corrected chi connectivity index (χ0v) is 37.0. The summed E-state index contributed by atoms with van der Waals surface area (Å²) >= 11 is 0. The van der Waals surface area contributed by atoms with E-state index in [0.29, 0.717) is 0 Å². The van der Waals surface area contributed by atoms with Gasteiger partial charge < -0.3 is 0 Å². The van der Waals surface area contributed by atoms with E-state index in [1.165, 1.54) is 109 Å². The predicted octanol–water partition coefficient (Wildman–Crippen LogP) is 18.0. The Hall–Kier alpha value is -8.98. The van der Waals surface area contributed by atoms with Crippen molar-refractivity contribution in [3.63, 3.8) is 0 Å². The van der Waals surface area contributed by atoms with Crippen molar-refractivity contribution in [1.29, 1.82) is 0 Å². The van der Waals surface area contributed by atoms with Crippen LogP contribution >= 0.6 is 0 Å². The number of hydrogen-bond donors (Lipinski definition) is 0. The molecule has 12 aromatic carbocycles. The molecule has 314 valence electrons. The molecule has 0 saturated heterocycles. The molecule has 0 aliphatic carbocycles. The molecule has 2 nitrogen and oxygen atoms in total. The molecule has 0 spiro atoms. The lowest BCUT2D eigenvalue weighted by atomic mass is 9.82. The lowest BCUT2D eigenvalue weighted by Crippen LogP contribution is -1.94. The number of pyridine rings is 2. The largest absolute Gasteiger partial charge is 0.256 e. The van der Waals surface area contributed by atoms with Gasteiger partial charge in [0.2, 0.25) is 0 Å². The van der Waals surface area contributed by atoms with Crippen LogP contribution in [0.2, 0.25) is 0 Å². The molecule has 68 heavy (non-hydrogen) atoms. The molecule has 0 atom stereocenters. The van der Waals surface area contributed by atoms with Gasteiger partial charge in [-0.25, -0.2) is 0 Å². The predicted molar refractivity (Wildman–Crippen MR) is 289 cm³/mol. The Bertz CT molecular complexity index is 3990. The topological polar surface area (TPSA) is 25.8 Å². The monoisotopic (exact) mass is 860 g/mol. The van der Waals surface area contributed by atoms with E-state index >= 15 is 0 Å². The van der Waals surface area contributed by atoms with Crippen molar-refractivity contribution < 1.29 is 0 Å². The number of hydrogen-bond acceptors (Lipinski definition) is 2. The lowest BCUT2D eigenvalue weighted by molar-refractivity contribution is 1.41. The van der Waals surface area contributed by atoms with Gasteiger partial charge in [-0.1, -0.05) is 206 Å². The van der Waals surface area contributed by atoms with Crippen LogP contribution in [-0.4, -0.2) is 9.97 Å². The number of rotatable bonds is 5. The number of para-hydroxylation sites is 2. The fourth-order valence-electron chi connectivity index (χ4n) is 11.4. The van der Waals surface area contributed by atoms with Gasteiger partial charge in [-0.05, 0) is 133 Å². The summed E-state index contributed by atoms with van der Waals surface area (Å²) in [6.07, 6.45) is 4.08. The van der Waals surface area contributed by atoms with E-state index in [1.807, 2.05) is 12.4 Å². The number of aromatic nitrogens is 2. The average molecular weight is 861 g/mol. The van der Waals surface area contributed by atoms with Crippen molar-refractivity contribution in [3.8, 4) is 55.6 Å². The molecule has 0 aliphatic heterocycles. The summed E-state index contributed by atoms with van der Waals surface area (Å²) in [4.78, 5) is 9.85. The van der Waals surface area contributed by atoms with E-state index in [2.05, 4.69) is 231 Å². The first-order valence-electron chi connectivity index (χ1n) is 23.4. The van der Waals surface area contributed by atoms with Gasteiger partial charge in [0.15, 0.2) is 0 Å². The van der Waals surface area contributed by atoms with E-state index < -0.39 is 0 Å². The second kappa shape index (κ2) is 15.3. The molecule has 0 aliphatic rings. The highest BCUT2D eigenvalue weighted by atomic mass is 14.7. The Labute approximate surface area is 393 Å². The first-order chi connectivity index (χ1) is 33.8. The highest BCUT2D eigenvalue weighted by Gasteiger charge is 2.22. The van der Waals surface area contributed by atoms with Crippen molar-refractivity contribution in [2.24, 2.45) is 0 Å². The molecule has 14 rings (SSSR count). The first-order valence-corrected chi connectivity index (χ1v) is 23.4. The van der Waals surface area contributed by atoms with E-state index in [1.54, 1.807) is 0 Å². The van der Waals surface area contributed by atoms with Gasteiger partial charge in [-0.15, -0.1) is 0 Å². The minimum atomic E-state index is 1.00. The number of benzene rings is 12. The molecule has 14 aromatic rings. The molecule has 0 N–H and O–H groups in total. The van der Waals surface area contributed by atoms with Crippen LogP contribution in [0.15, 0.2) is 243 Å². The van der Waals surface area contributed by atoms with Crippen LogP contribution in [0.5, 0.6) is 0 Å². The second-order valence-corrected chi connectivity index (χ2v) is 17.9. The van der Waals surface area contributed by atoms with Gasteiger partial charge in [0.1, 0.15) is 0 Å². The number of nitrogens with zero attached hydrogens (tertiary/aromatic N) is 2. The lowest BCUT2D eigenvalue weighted by Gasteiger charge is -2.21. The summed E-state index contributed by atoms with van der Waals surface area (Å²) in [5, 5.41) is 17.0. The zero-order valence-electron chi connectivity index (χ0n) is 37.0. The SMILES string of the molecule is c1ccc2ncc(-c3c4ccccc4c(-c4ccc(-c5ccc(-c6c7ccccc7c(-c7cnc8ccccc8c7)c7ccccc67)c6ccccc56)c5ccccc45)c4ccccc34)cc2c1. The maximum absolute atomic E-state index is 4.92. The maximum Gasteiger partial charge on any atom is 0.0702 e. The van der Waals surface area contributed by atoms with Crippen LogP contribution in [0, 0.1) is 0 Å². The Morgan fingerprint density at radius 2 is 0.456 bits per heavy atom. The van der Waals surface area contributed by atoms with Crippen LogP contribution in [0.4, 0.5) is 0 Å². The van der Waals surface area contributed by atoms with Crippen molar-refractivity contribution >= 4 is 86.4 Å². The quantitative estimate of drug-likeness (QED) is 0.161. The average Bonchev–Trinajstić information content (AvgIpc) is 3.41. The molecule has 0 fully saturated rings. The van der Waals surface area contributed by atoms with E-state index in [9.17, 15) is 0 Å². The van der Waals surface area contributed by atoms with Crippen LogP contribution in [0.25, 0.3) is 142 Å². The summed E-state index contributed by atoms with van der Waals surface area (Å²) in [5.41, 5.74) is 14.1. The van der Waals surface area contributed by atoms with E-state index in [-0.39, 0.29) is 0 Å². The van der Waals surface area contributed by atoms with Crippen LogP contribution < -0.4 is 0 Å². The summed E-state index contributed by atoms with van der Waals surface area (Å²) in [6.45, 7) is 0. The molecule has 2 heterocycles. The summed E-state index contributed by atoms with van der Waals surface area (Å²) < 4.78 is 0. The molecular weight excluding hydrogens is 821 g/mol. The third-order valence-corrected chi connectivity index (χ3v) is 14.3. The minimum absolute atomic E-state index is 1.00. The van der Waals surface area contributed by atoms with Gasteiger partial charge in [0.25, 0.3) is 0 Å². The summed E-state index contributed by atoms with van der Waals surface area (Å²) in [6, 6.07) is 84.4. The van der Waals surface area contributed by atoms with Crippen molar-refractivity contribution in [2.45, 2.75) is 0 Å². The Kier molecular flexibility index (Phi) is 8.62. The van der Waals surface area contributed by atoms with Crippen LogP contribution in [0.3, 0.4) is 0 Å². The molecule has 0 amide bonds. The standard InChI is InChI=1S/C66H40N2/c1-15-31-61-41(17-1)37-43(39-67-61)63-51-23-7-11-27-55(51)65(56-28-12-8-24-52(56)63)59-35-33-49(45-19-3-5-21-47(45)59)50-34-36-60(48-22-6-4-20-46(48)50)66-57-29-13-9-25-53(57)64(54-26-10-14-30-58(54)66)44-38-42-18-2-16-32-62(42)68-40-44/h1-40H. The second-order valence-electron chi connectivity index (χ2n) is 17.9. The van der Waals surface area contributed by atoms with Gasteiger partial charge in [0.05, 0.1) is 11.0 Å². The molecule has 2 heteroatoms. The molecule has 2 aromatic heterocycles. The normalized spacial score (nSPS) is 11.8. The zero-order chi connectivity index (χ0) is 44.7. The molecule has 0 bridgehead atoms.